The largest absolute Gasteiger partial charge is 0.322 e. The van der Waals surface area contributed by atoms with E-state index in [1.54, 1.807) is 40.7 Å². The lowest BCUT2D eigenvalue weighted by Gasteiger charge is -2.20. The van der Waals surface area contributed by atoms with Crippen molar-refractivity contribution in [3.8, 4) is 0 Å². The van der Waals surface area contributed by atoms with Crippen molar-refractivity contribution < 1.29 is 21.6 Å². The Labute approximate surface area is 202 Å². The minimum Gasteiger partial charge on any atom is -0.322 e. The zero-order valence-electron chi connectivity index (χ0n) is 19.1. The Hall–Kier alpha value is -2.27. The molecule has 2 saturated heterocycles. The van der Waals surface area contributed by atoms with Crippen molar-refractivity contribution in [2.45, 2.75) is 49.2 Å². The van der Waals surface area contributed by atoms with E-state index >= 15 is 0 Å². The number of hydrogen-bond donors (Lipinski definition) is 1. The number of hydrogen-bond acceptors (Lipinski definition) is 5. The predicted molar refractivity (Wildman–Crippen MR) is 131 cm³/mol. The van der Waals surface area contributed by atoms with E-state index in [1.165, 1.54) is 16.4 Å². The summed E-state index contributed by atoms with van der Waals surface area (Å²) in [5.74, 6) is -0.431. The van der Waals surface area contributed by atoms with E-state index in [0.717, 1.165) is 38.5 Å². The molecule has 0 saturated carbocycles. The van der Waals surface area contributed by atoms with E-state index in [-0.39, 0.29) is 16.6 Å². The Kier molecular flexibility index (Phi) is 7.71. The molecule has 0 bridgehead atoms. The number of carbonyl (C=O) groups is 1. The lowest BCUT2D eigenvalue weighted by Crippen LogP contribution is -2.31. The number of carbonyl (C=O) groups excluding carboxylic acids is 1. The molecule has 184 valence electrons. The molecule has 2 aliphatic rings. The predicted octanol–water partition coefficient (Wildman–Crippen LogP) is 3.43. The maximum Gasteiger partial charge on any atom is 0.255 e. The second-order valence-corrected chi connectivity index (χ2v) is 12.8. The summed E-state index contributed by atoms with van der Waals surface area (Å²) < 4.78 is 53.8. The molecule has 2 aliphatic heterocycles. The van der Waals surface area contributed by atoms with Crippen LogP contribution in [0.5, 0.6) is 0 Å². The van der Waals surface area contributed by atoms with Gasteiger partial charge in [-0.15, -0.1) is 0 Å². The van der Waals surface area contributed by atoms with Crippen molar-refractivity contribution in [3.63, 3.8) is 0 Å². The Morgan fingerprint density at radius 2 is 1.24 bits per heavy atom. The summed E-state index contributed by atoms with van der Waals surface area (Å²) in [6.45, 7) is 2.22. The van der Waals surface area contributed by atoms with Crippen LogP contribution in [0.1, 0.15) is 54.4 Å². The SMILES string of the molecule is O=C(Nc1ccc(S(=O)(=O)N2CCCCCC2)cc1)c1ccc(CS(=O)(=O)N2CCCC2)cc1. The average molecular weight is 506 g/mol. The lowest BCUT2D eigenvalue weighted by atomic mass is 10.1. The van der Waals surface area contributed by atoms with E-state index in [0.29, 0.717) is 43.0 Å². The van der Waals surface area contributed by atoms with Gasteiger partial charge in [0, 0.05) is 37.4 Å². The molecule has 0 aliphatic carbocycles. The van der Waals surface area contributed by atoms with Crippen molar-refractivity contribution in [3.05, 3.63) is 59.7 Å². The second kappa shape index (κ2) is 10.6. The van der Waals surface area contributed by atoms with Crippen LogP contribution in [0.25, 0.3) is 0 Å². The molecule has 2 aromatic rings. The summed E-state index contributed by atoms with van der Waals surface area (Å²) in [5.41, 5.74) is 1.51. The van der Waals surface area contributed by atoms with Gasteiger partial charge in [0.25, 0.3) is 5.91 Å². The third-order valence-electron chi connectivity index (χ3n) is 6.34. The quantitative estimate of drug-likeness (QED) is 0.621. The smallest absolute Gasteiger partial charge is 0.255 e. The van der Waals surface area contributed by atoms with E-state index in [2.05, 4.69) is 5.32 Å². The van der Waals surface area contributed by atoms with E-state index < -0.39 is 20.0 Å². The van der Waals surface area contributed by atoms with Gasteiger partial charge in [0.2, 0.25) is 20.0 Å². The van der Waals surface area contributed by atoms with Gasteiger partial charge in [-0.3, -0.25) is 4.79 Å². The summed E-state index contributed by atoms with van der Waals surface area (Å²) in [5, 5.41) is 2.77. The molecular weight excluding hydrogens is 474 g/mol. The van der Waals surface area contributed by atoms with Crippen LogP contribution in [0, 0.1) is 0 Å². The van der Waals surface area contributed by atoms with E-state index in [4.69, 9.17) is 0 Å². The summed E-state index contributed by atoms with van der Waals surface area (Å²) >= 11 is 0. The highest BCUT2D eigenvalue weighted by Crippen LogP contribution is 2.22. The molecule has 1 amide bonds. The van der Waals surface area contributed by atoms with Crippen LogP contribution in [0.4, 0.5) is 5.69 Å². The maximum absolute atomic E-state index is 12.9. The van der Waals surface area contributed by atoms with Crippen LogP contribution in [-0.2, 0) is 25.8 Å². The molecule has 0 unspecified atom stereocenters. The van der Waals surface area contributed by atoms with Crippen molar-refractivity contribution in [2.75, 3.05) is 31.5 Å². The molecule has 2 fully saturated rings. The molecule has 0 aromatic heterocycles. The summed E-state index contributed by atoms with van der Waals surface area (Å²) in [7, 11) is -6.88. The first-order chi connectivity index (χ1) is 16.3. The van der Waals surface area contributed by atoms with Crippen molar-refractivity contribution >= 4 is 31.6 Å². The van der Waals surface area contributed by atoms with Crippen LogP contribution in [0.15, 0.2) is 53.4 Å². The Balaban J connectivity index is 1.38. The minimum absolute atomic E-state index is 0.0815. The number of anilines is 1. The molecule has 8 nitrogen and oxygen atoms in total. The molecule has 0 radical (unpaired) electrons. The molecule has 34 heavy (non-hydrogen) atoms. The summed E-state index contributed by atoms with van der Waals surface area (Å²) in [6, 6.07) is 12.7. The van der Waals surface area contributed by atoms with Crippen molar-refractivity contribution in [1.29, 1.82) is 0 Å². The number of rotatable bonds is 7. The molecule has 10 heteroatoms. The monoisotopic (exact) mass is 505 g/mol. The van der Waals surface area contributed by atoms with Gasteiger partial charge in [-0.1, -0.05) is 25.0 Å². The molecule has 2 aromatic carbocycles. The number of nitrogens with zero attached hydrogens (tertiary/aromatic N) is 2. The zero-order chi connectivity index (χ0) is 24.2. The van der Waals surface area contributed by atoms with Crippen LogP contribution >= 0.6 is 0 Å². The summed E-state index contributed by atoms with van der Waals surface area (Å²) in [6.07, 6.45) is 5.62. The number of sulfonamides is 2. The fraction of sp³-hybridized carbons (Fsp3) is 0.458. The molecule has 0 atom stereocenters. The highest BCUT2D eigenvalue weighted by molar-refractivity contribution is 7.89. The minimum atomic E-state index is -3.54. The van der Waals surface area contributed by atoms with Gasteiger partial charge in [-0.25, -0.2) is 21.1 Å². The molecular formula is C24H31N3O5S2. The molecule has 1 N–H and O–H groups in total. The van der Waals surface area contributed by atoms with Crippen molar-refractivity contribution in [2.24, 2.45) is 0 Å². The van der Waals surface area contributed by atoms with Crippen LogP contribution in [0.3, 0.4) is 0 Å². The number of amides is 1. The van der Waals surface area contributed by atoms with Gasteiger partial charge < -0.3 is 5.32 Å². The third-order valence-corrected chi connectivity index (χ3v) is 10.1. The van der Waals surface area contributed by atoms with E-state index in [1.807, 2.05) is 0 Å². The van der Waals surface area contributed by atoms with Gasteiger partial charge in [0.15, 0.2) is 0 Å². The normalized spacial score (nSPS) is 18.5. The highest BCUT2D eigenvalue weighted by Gasteiger charge is 2.26. The topological polar surface area (TPSA) is 104 Å². The maximum atomic E-state index is 12.9. The zero-order valence-corrected chi connectivity index (χ0v) is 20.8. The van der Waals surface area contributed by atoms with Gasteiger partial charge in [-0.2, -0.15) is 4.31 Å². The fourth-order valence-electron chi connectivity index (χ4n) is 4.37. The highest BCUT2D eigenvalue weighted by atomic mass is 32.2. The van der Waals surface area contributed by atoms with Crippen LogP contribution in [0.2, 0.25) is 0 Å². The third kappa shape index (κ3) is 5.86. The van der Waals surface area contributed by atoms with Gasteiger partial charge in [-0.05, 0) is 67.6 Å². The molecule has 0 spiro atoms. The Bertz CT molecular complexity index is 1200. The van der Waals surface area contributed by atoms with Gasteiger partial charge in [0.1, 0.15) is 0 Å². The first-order valence-electron chi connectivity index (χ1n) is 11.7. The first kappa shape index (κ1) is 24.8. The average Bonchev–Trinajstić information content (AvgIpc) is 3.23. The molecule has 4 rings (SSSR count). The van der Waals surface area contributed by atoms with Gasteiger partial charge in [0.05, 0.1) is 10.6 Å². The standard InChI is InChI=1S/C24H31N3O5S2/c28-24(21-9-7-20(8-10-21)19-33(29,30)26-15-5-6-16-26)25-22-11-13-23(14-12-22)34(31,32)27-17-3-1-2-4-18-27/h7-14H,1-6,15-19H2,(H,25,28). The first-order valence-corrected chi connectivity index (χ1v) is 14.8. The number of benzene rings is 2. The fourth-order valence-corrected chi connectivity index (χ4v) is 7.49. The lowest BCUT2D eigenvalue weighted by molar-refractivity contribution is 0.102. The van der Waals surface area contributed by atoms with Crippen molar-refractivity contribution in [1.82, 2.24) is 8.61 Å². The van der Waals surface area contributed by atoms with Crippen LogP contribution in [-0.4, -0.2) is 57.5 Å². The molecule has 2 heterocycles. The van der Waals surface area contributed by atoms with Gasteiger partial charge >= 0.3 is 0 Å². The van der Waals surface area contributed by atoms with Crippen LogP contribution < -0.4 is 5.32 Å². The van der Waals surface area contributed by atoms with E-state index in [9.17, 15) is 21.6 Å². The number of nitrogens with one attached hydrogen (secondary N) is 1. The second-order valence-electron chi connectivity index (χ2n) is 8.86. The Morgan fingerprint density at radius 1 is 0.706 bits per heavy atom. The summed E-state index contributed by atoms with van der Waals surface area (Å²) in [4.78, 5) is 12.8. The Morgan fingerprint density at radius 3 is 1.82 bits per heavy atom.